The summed E-state index contributed by atoms with van der Waals surface area (Å²) in [6.45, 7) is 1.69. The molecule has 4 heteroatoms. The first kappa shape index (κ1) is 11.4. The Morgan fingerprint density at radius 1 is 1.29 bits per heavy atom. The van der Waals surface area contributed by atoms with Gasteiger partial charge < -0.3 is 10.3 Å². The van der Waals surface area contributed by atoms with E-state index >= 15 is 0 Å². The number of nitriles is 1. The number of nitrogens with zero attached hydrogens (tertiary/aromatic N) is 2. The summed E-state index contributed by atoms with van der Waals surface area (Å²) in [4.78, 5) is 7.22. The summed E-state index contributed by atoms with van der Waals surface area (Å²) in [5.74, 6) is 0.998. The lowest BCUT2D eigenvalue weighted by Gasteiger charge is -2.03. The maximum Gasteiger partial charge on any atom is 0.107 e. The van der Waals surface area contributed by atoms with Gasteiger partial charge in [0.25, 0.3) is 0 Å². The molecule has 17 heavy (non-hydrogen) atoms. The Hall–Kier alpha value is -2.12. The first-order valence-electron chi connectivity index (χ1n) is 5.56. The molecule has 0 aliphatic rings. The first-order chi connectivity index (χ1) is 8.38. The highest BCUT2D eigenvalue weighted by molar-refractivity contribution is 5.31. The van der Waals surface area contributed by atoms with Crippen molar-refractivity contribution in [3.63, 3.8) is 0 Å². The van der Waals surface area contributed by atoms with Gasteiger partial charge in [0.15, 0.2) is 0 Å². The second kappa shape index (κ2) is 5.83. The Morgan fingerprint density at radius 3 is 2.76 bits per heavy atom. The highest BCUT2D eigenvalue weighted by atomic mass is 14.9. The van der Waals surface area contributed by atoms with Crippen LogP contribution < -0.4 is 5.32 Å². The van der Waals surface area contributed by atoms with Crippen LogP contribution in [0, 0.1) is 11.3 Å². The van der Waals surface area contributed by atoms with Crippen LogP contribution in [0.4, 0.5) is 0 Å². The Labute approximate surface area is 100 Å². The van der Waals surface area contributed by atoms with Crippen molar-refractivity contribution >= 4 is 0 Å². The van der Waals surface area contributed by atoms with E-state index in [1.165, 1.54) is 5.56 Å². The van der Waals surface area contributed by atoms with Gasteiger partial charge in [-0.25, -0.2) is 4.98 Å². The number of imidazole rings is 1. The maximum absolute atomic E-state index is 8.67. The van der Waals surface area contributed by atoms with Crippen molar-refractivity contribution < 1.29 is 0 Å². The van der Waals surface area contributed by atoms with Crippen LogP contribution in [0.3, 0.4) is 0 Å². The Kier molecular flexibility index (Phi) is 3.90. The molecular weight excluding hydrogens is 212 g/mol. The average Bonchev–Trinajstić information content (AvgIpc) is 2.88. The number of H-pyrrole nitrogens is 1. The molecular formula is C13H14N4. The normalized spacial score (nSPS) is 10.1. The molecule has 0 bridgehead atoms. The number of aromatic nitrogens is 2. The first-order valence-corrected chi connectivity index (χ1v) is 5.56. The number of aromatic amines is 1. The number of nitrogens with one attached hydrogen (secondary N) is 2. The van der Waals surface area contributed by atoms with Crippen molar-refractivity contribution in [2.75, 3.05) is 6.54 Å². The fourth-order valence-corrected chi connectivity index (χ4v) is 1.57. The van der Waals surface area contributed by atoms with E-state index in [4.69, 9.17) is 5.26 Å². The van der Waals surface area contributed by atoms with E-state index in [0.717, 1.165) is 25.3 Å². The lowest BCUT2D eigenvalue weighted by atomic mass is 10.1. The molecule has 0 radical (unpaired) electrons. The SMILES string of the molecule is N#Cc1ccc(CNCCc2ncc[nH]2)cc1. The van der Waals surface area contributed by atoms with Gasteiger partial charge >= 0.3 is 0 Å². The number of hydrogen-bond donors (Lipinski definition) is 2. The maximum atomic E-state index is 8.67. The van der Waals surface area contributed by atoms with Crippen LogP contribution >= 0.6 is 0 Å². The van der Waals surface area contributed by atoms with Crippen LogP contribution in [-0.2, 0) is 13.0 Å². The summed E-state index contributed by atoms with van der Waals surface area (Å²) in [5.41, 5.74) is 1.88. The van der Waals surface area contributed by atoms with Gasteiger partial charge in [-0.1, -0.05) is 12.1 Å². The van der Waals surface area contributed by atoms with Crippen molar-refractivity contribution in [2.24, 2.45) is 0 Å². The van der Waals surface area contributed by atoms with Gasteiger partial charge in [-0.3, -0.25) is 0 Å². The second-order valence-corrected chi connectivity index (χ2v) is 3.77. The summed E-state index contributed by atoms with van der Waals surface area (Å²) in [7, 11) is 0. The molecule has 1 aromatic carbocycles. The van der Waals surface area contributed by atoms with Crippen molar-refractivity contribution in [1.82, 2.24) is 15.3 Å². The Balaban J connectivity index is 1.73. The molecule has 2 N–H and O–H groups in total. The number of rotatable bonds is 5. The van der Waals surface area contributed by atoms with E-state index in [9.17, 15) is 0 Å². The molecule has 0 aliphatic heterocycles. The van der Waals surface area contributed by atoms with Crippen LogP contribution in [0.15, 0.2) is 36.7 Å². The summed E-state index contributed by atoms with van der Waals surface area (Å²) in [6.07, 6.45) is 4.48. The van der Waals surface area contributed by atoms with Gasteiger partial charge in [0, 0.05) is 31.9 Å². The molecule has 0 fully saturated rings. The monoisotopic (exact) mass is 226 g/mol. The zero-order valence-corrected chi connectivity index (χ0v) is 9.48. The molecule has 86 valence electrons. The van der Waals surface area contributed by atoms with Gasteiger partial charge in [-0.2, -0.15) is 5.26 Å². The van der Waals surface area contributed by atoms with Gasteiger partial charge in [-0.05, 0) is 17.7 Å². The molecule has 0 atom stereocenters. The summed E-state index contributed by atoms with van der Waals surface area (Å²) < 4.78 is 0. The van der Waals surface area contributed by atoms with Crippen LogP contribution in [0.2, 0.25) is 0 Å². The molecule has 2 aromatic rings. The lowest BCUT2D eigenvalue weighted by molar-refractivity contribution is 0.674. The molecule has 4 nitrogen and oxygen atoms in total. The Bertz CT molecular complexity index is 479. The number of hydrogen-bond acceptors (Lipinski definition) is 3. The fourth-order valence-electron chi connectivity index (χ4n) is 1.57. The van der Waals surface area contributed by atoms with Gasteiger partial charge in [0.05, 0.1) is 11.6 Å². The van der Waals surface area contributed by atoms with E-state index in [-0.39, 0.29) is 0 Å². The molecule has 0 aliphatic carbocycles. The summed E-state index contributed by atoms with van der Waals surface area (Å²) >= 11 is 0. The molecule has 0 saturated carbocycles. The molecule has 1 aromatic heterocycles. The van der Waals surface area contributed by atoms with Gasteiger partial charge in [0.1, 0.15) is 5.82 Å². The molecule has 0 saturated heterocycles. The summed E-state index contributed by atoms with van der Waals surface area (Å²) in [5, 5.41) is 12.0. The van der Waals surface area contributed by atoms with Crippen LogP contribution in [0.1, 0.15) is 17.0 Å². The predicted octanol–water partition coefficient (Wildman–Crippen LogP) is 1.61. The van der Waals surface area contributed by atoms with Crippen LogP contribution in [0.25, 0.3) is 0 Å². The third-order valence-electron chi connectivity index (χ3n) is 2.51. The van der Waals surface area contributed by atoms with Crippen molar-refractivity contribution in [1.29, 1.82) is 5.26 Å². The van der Waals surface area contributed by atoms with Crippen molar-refractivity contribution in [3.05, 3.63) is 53.6 Å². The van der Waals surface area contributed by atoms with E-state index in [1.54, 1.807) is 6.20 Å². The molecule has 0 amide bonds. The standard InChI is InChI=1S/C13H14N4/c14-9-11-1-3-12(4-2-11)10-15-6-5-13-16-7-8-17-13/h1-4,7-8,15H,5-6,10H2,(H,16,17). The van der Waals surface area contributed by atoms with Crippen LogP contribution in [0.5, 0.6) is 0 Å². The lowest BCUT2D eigenvalue weighted by Crippen LogP contribution is -2.17. The highest BCUT2D eigenvalue weighted by Gasteiger charge is 1.96. The van der Waals surface area contributed by atoms with Gasteiger partial charge in [0.2, 0.25) is 0 Å². The molecule has 2 rings (SSSR count). The minimum Gasteiger partial charge on any atom is -0.349 e. The minimum atomic E-state index is 0.698. The van der Waals surface area contributed by atoms with E-state index in [0.29, 0.717) is 5.56 Å². The van der Waals surface area contributed by atoms with E-state index in [1.807, 2.05) is 30.5 Å². The molecule has 1 heterocycles. The number of benzene rings is 1. The largest absolute Gasteiger partial charge is 0.349 e. The predicted molar refractivity (Wildman–Crippen MR) is 65.2 cm³/mol. The fraction of sp³-hybridized carbons (Fsp3) is 0.231. The van der Waals surface area contributed by atoms with Gasteiger partial charge in [-0.15, -0.1) is 0 Å². The average molecular weight is 226 g/mol. The van der Waals surface area contributed by atoms with Crippen molar-refractivity contribution in [2.45, 2.75) is 13.0 Å². The van der Waals surface area contributed by atoms with E-state index < -0.39 is 0 Å². The third kappa shape index (κ3) is 3.44. The van der Waals surface area contributed by atoms with E-state index in [2.05, 4.69) is 21.4 Å². The highest BCUT2D eigenvalue weighted by Crippen LogP contribution is 2.02. The third-order valence-corrected chi connectivity index (χ3v) is 2.51. The topological polar surface area (TPSA) is 64.5 Å². The summed E-state index contributed by atoms with van der Waals surface area (Å²) in [6, 6.07) is 9.72. The quantitative estimate of drug-likeness (QED) is 0.761. The zero-order valence-electron chi connectivity index (χ0n) is 9.48. The molecule has 0 spiro atoms. The van der Waals surface area contributed by atoms with Crippen molar-refractivity contribution in [3.8, 4) is 6.07 Å². The minimum absolute atomic E-state index is 0.698. The zero-order chi connectivity index (χ0) is 11.9. The smallest absolute Gasteiger partial charge is 0.107 e. The second-order valence-electron chi connectivity index (χ2n) is 3.77. The molecule has 0 unspecified atom stereocenters. The Morgan fingerprint density at radius 2 is 2.12 bits per heavy atom. The van der Waals surface area contributed by atoms with Crippen LogP contribution in [-0.4, -0.2) is 16.5 Å².